The number of benzene rings is 3. The van der Waals surface area contributed by atoms with E-state index in [1.807, 2.05) is 39.0 Å². The highest BCUT2D eigenvalue weighted by Gasteiger charge is 2.20. The van der Waals surface area contributed by atoms with E-state index in [-0.39, 0.29) is 18.5 Å². The Morgan fingerprint density at radius 2 is 1.63 bits per heavy atom. The van der Waals surface area contributed by atoms with E-state index in [1.54, 1.807) is 56.7 Å². The number of rotatable bonds is 9. The minimum Gasteiger partial charge on any atom is -0.497 e. The predicted molar refractivity (Wildman–Crippen MR) is 139 cm³/mol. The second kappa shape index (κ2) is 10.8. The van der Waals surface area contributed by atoms with Gasteiger partial charge in [0.2, 0.25) is 10.0 Å². The smallest absolute Gasteiger partial charge is 0.251 e. The van der Waals surface area contributed by atoms with Crippen molar-refractivity contribution in [3.05, 3.63) is 88.5 Å². The molecule has 0 radical (unpaired) electrons. The molecule has 3 rings (SSSR count). The third kappa shape index (κ3) is 6.33. The summed E-state index contributed by atoms with van der Waals surface area (Å²) in [6, 6.07) is 17.6. The molecule has 0 fully saturated rings. The lowest BCUT2D eigenvalue weighted by atomic mass is 10.1. The molecule has 7 nitrogen and oxygen atoms in total. The van der Waals surface area contributed by atoms with E-state index in [9.17, 15) is 13.2 Å². The first-order valence-electron chi connectivity index (χ1n) is 11.2. The second-order valence-corrected chi connectivity index (χ2v) is 10.4. The zero-order valence-electron chi connectivity index (χ0n) is 21.0. The van der Waals surface area contributed by atoms with Gasteiger partial charge in [-0.1, -0.05) is 18.2 Å². The van der Waals surface area contributed by atoms with E-state index in [2.05, 4.69) is 5.32 Å². The fourth-order valence-electron chi connectivity index (χ4n) is 3.74. The van der Waals surface area contributed by atoms with Crippen molar-refractivity contribution >= 4 is 21.6 Å². The summed E-state index contributed by atoms with van der Waals surface area (Å²) < 4.78 is 37.1. The second-order valence-electron chi connectivity index (χ2n) is 8.54. The summed E-state index contributed by atoms with van der Waals surface area (Å²) >= 11 is 0. The number of nitrogens with zero attached hydrogens (tertiary/aromatic N) is 1. The van der Waals surface area contributed by atoms with E-state index in [0.29, 0.717) is 22.7 Å². The number of anilines is 1. The Morgan fingerprint density at radius 1 is 0.943 bits per heavy atom. The van der Waals surface area contributed by atoms with Crippen LogP contribution in [-0.2, 0) is 16.6 Å². The Balaban J connectivity index is 1.76. The average Bonchev–Trinajstić information content (AvgIpc) is 2.83. The number of sulfonamides is 1. The summed E-state index contributed by atoms with van der Waals surface area (Å²) in [4.78, 5) is 12.9. The lowest BCUT2D eigenvalue weighted by Crippen LogP contribution is -2.29. The van der Waals surface area contributed by atoms with Crippen molar-refractivity contribution in [2.45, 2.75) is 33.4 Å². The number of hydrogen-bond acceptors (Lipinski definition) is 5. The van der Waals surface area contributed by atoms with Gasteiger partial charge in [0.15, 0.2) is 0 Å². The summed E-state index contributed by atoms with van der Waals surface area (Å²) in [6.07, 6.45) is 1.19. The highest BCUT2D eigenvalue weighted by molar-refractivity contribution is 7.92. The predicted octanol–water partition coefficient (Wildman–Crippen LogP) is 4.78. The largest absolute Gasteiger partial charge is 0.497 e. The highest BCUT2D eigenvalue weighted by Crippen LogP contribution is 2.29. The van der Waals surface area contributed by atoms with Gasteiger partial charge in [0.1, 0.15) is 11.5 Å². The maximum absolute atomic E-state index is 12.9. The quantitative estimate of drug-likeness (QED) is 0.461. The summed E-state index contributed by atoms with van der Waals surface area (Å²) in [5, 5.41) is 2.98. The van der Waals surface area contributed by atoms with E-state index in [0.717, 1.165) is 22.3 Å². The van der Waals surface area contributed by atoms with Crippen LogP contribution in [0.2, 0.25) is 0 Å². The zero-order chi connectivity index (χ0) is 25.8. The number of ether oxygens (including phenoxy) is 2. The van der Waals surface area contributed by atoms with Crippen LogP contribution in [-0.4, -0.2) is 34.8 Å². The molecule has 1 amide bonds. The van der Waals surface area contributed by atoms with E-state index < -0.39 is 10.0 Å². The van der Waals surface area contributed by atoms with Gasteiger partial charge in [0.25, 0.3) is 5.91 Å². The van der Waals surface area contributed by atoms with Crippen LogP contribution in [0.3, 0.4) is 0 Å². The highest BCUT2D eigenvalue weighted by atomic mass is 32.2. The molecule has 0 bridgehead atoms. The molecule has 0 saturated heterocycles. The molecule has 35 heavy (non-hydrogen) atoms. The van der Waals surface area contributed by atoms with Crippen LogP contribution < -0.4 is 19.1 Å². The van der Waals surface area contributed by atoms with Crippen molar-refractivity contribution in [1.82, 2.24) is 5.32 Å². The Hall–Kier alpha value is -3.52. The normalized spacial score (nSPS) is 12.1. The zero-order valence-corrected chi connectivity index (χ0v) is 21.8. The number of methoxy groups -OCH3 is 2. The first kappa shape index (κ1) is 26.1. The monoisotopic (exact) mass is 496 g/mol. The maximum Gasteiger partial charge on any atom is 0.251 e. The van der Waals surface area contributed by atoms with Crippen molar-refractivity contribution in [2.75, 3.05) is 24.8 Å². The van der Waals surface area contributed by atoms with Crippen LogP contribution in [0.15, 0.2) is 60.7 Å². The molecular formula is C27H32N2O5S. The first-order valence-corrected chi connectivity index (χ1v) is 13.0. The fourth-order valence-corrected chi connectivity index (χ4v) is 4.62. The number of hydrogen-bond donors (Lipinski definition) is 1. The minimum absolute atomic E-state index is 0.167. The van der Waals surface area contributed by atoms with Gasteiger partial charge in [-0.25, -0.2) is 8.42 Å². The minimum atomic E-state index is -3.50. The van der Waals surface area contributed by atoms with Gasteiger partial charge in [-0.3, -0.25) is 9.10 Å². The molecule has 0 aromatic heterocycles. The van der Waals surface area contributed by atoms with E-state index in [4.69, 9.17) is 9.47 Å². The fraction of sp³-hybridized carbons (Fsp3) is 0.296. The summed E-state index contributed by atoms with van der Waals surface area (Å²) in [5.74, 6) is 1.08. The van der Waals surface area contributed by atoms with Gasteiger partial charge in [0.05, 0.1) is 38.7 Å². The van der Waals surface area contributed by atoms with Crippen LogP contribution in [0.5, 0.6) is 11.5 Å². The molecular weight excluding hydrogens is 464 g/mol. The van der Waals surface area contributed by atoms with Crippen molar-refractivity contribution < 1.29 is 22.7 Å². The molecule has 0 aliphatic rings. The van der Waals surface area contributed by atoms with Crippen LogP contribution in [0.1, 0.15) is 45.6 Å². The third-order valence-electron chi connectivity index (χ3n) is 5.97. The summed E-state index contributed by atoms with van der Waals surface area (Å²) in [6.45, 7) is 5.98. The Morgan fingerprint density at radius 3 is 2.20 bits per heavy atom. The maximum atomic E-state index is 12.9. The Kier molecular flexibility index (Phi) is 8.07. The number of carbonyl (C=O) groups excluding carboxylic acids is 1. The number of aryl methyl sites for hydroxylation is 2. The topological polar surface area (TPSA) is 84.9 Å². The summed E-state index contributed by atoms with van der Waals surface area (Å²) in [5.41, 5.74) is 4.77. The average molecular weight is 497 g/mol. The molecule has 0 aliphatic heterocycles. The standard InChI is InChI=1S/C27H32N2O5S/c1-18-7-12-23(15-19(18)2)29(35(6,31)32)17-21-8-10-22(11-9-21)27(30)28-20(3)25-16-24(33-4)13-14-26(25)34-5/h7-16,20H,17H2,1-6H3,(H,28,30)/t20-/m1/s1. The van der Waals surface area contributed by atoms with Gasteiger partial charge in [-0.15, -0.1) is 0 Å². The van der Waals surface area contributed by atoms with Crippen molar-refractivity contribution in [3.63, 3.8) is 0 Å². The van der Waals surface area contributed by atoms with Crippen LogP contribution in [0, 0.1) is 13.8 Å². The number of nitrogens with one attached hydrogen (secondary N) is 1. The van der Waals surface area contributed by atoms with Gasteiger partial charge in [-0.05, 0) is 79.9 Å². The number of carbonyl (C=O) groups is 1. The van der Waals surface area contributed by atoms with Crippen molar-refractivity contribution in [1.29, 1.82) is 0 Å². The molecule has 0 spiro atoms. The summed E-state index contributed by atoms with van der Waals surface area (Å²) in [7, 11) is -0.335. The van der Waals surface area contributed by atoms with Crippen LogP contribution in [0.4, 0.5) is 5.69 Å². The SMILES string of the molecule is COc1ccc(OC)c([C@@H](C)NC(=O)c2ccc(CN(c3ccc(C)c(C)c3)S(C)(=O)=O)cc2)c1. The van der Waals surface area contributed by atoms with Crippen molar-refractivity contribution in [2.24, 2.45) is 0 Å². The van der Waals surface area contributed by atoms with E-state index >= 15 is 0 Å². The Labute approximate surface area is 207 Å². The molecule has 186 valence electrons. The molecule has 0 saturated carbocycles. The molecule has 3 aromatic rings. The van der Waals surface area contributed by atoms with Gasteiger partial charge in [-0.2, -0.15) is 0 Å². The van der Waals surface area contributed by atoms with Gasteiger partial charge >= 0.3 is 0 Å². The number of amides is 1. The van der Waals surface area contributed by atoms with Gasteiger partial charge in [0, 0.05) is 11.1 Å². The molecule has 0 unspecified atom stereocenters. The van der Waals surface area contributed by atoms with Crippen LogP contribution >= 0.6 is 0 Å². The molecule has 0 heterocycles. The molecule has 1 atom stereocenters. The molecule has 1 N–H and O–H groups in total. The van der Waals surface area contributed by atoms with E-state index in [1.165, 1.54) is 10.6 Å². The van der Waals surface area contributed by atoms with Crippen LogP contribution in [0.25, 0.3) is 0 Å². The van der Waals surface area contributed by atoms with Gasteiger partial charge < -0.3 is 14.8 Å². The molecule has 3 aromatic carbocycles. The lowest BCUT2D eigenvalue weighted by Gasteiger charge is -2.23. The molecule has 0 aliphatic carbocycles. The third-order valence-corrected chi connectivity index (χ3v) is 7.11. The van der Waals surface area contributed by atoms with Crippen molar-refractivity contribution in [3.8, 4) is 11.5 Å². The lowest BCUT2D eigenvalue weighted by molar-refractivity contribution is 0.0939. The molecule has 8 heteroatoms. The first-order chi connectivity index (χ1) is 16.5. The Bertz CT molecular complexity index is 1300.